The second kappa shape index (κ2) is 16.9. The normalized spacial score (nSPS) is 16.3. The van der Waals surface area contributed by atoms with Gasteiger partial charge in [-0.15, -0.1) is 0 Å². The van der Waals surface area contributed by atoms with E-state index in [-0.39, 0.29) is 11.1 Å². The maximum Gasteiger partial charge on any atom is 0.269 e. The number of rotatable bonds is 9. The van der Waals surface area contributed by atoms with Crippen molar-refractivity contribution in [1.29, 1.82) is 0 Å². The topological polar surface area (TPSA) is 114 Å². The molecular formula is C43H52N8O2. The van der Waals surface area contributed by atoms with Crippen molar-refractivity contribution in [3.63, 3.8) is 0 Å². The summed E-state index contributed by atoms with van der Waals surface area (Å²) >= 11 is 0. The molecule has 53 heavy (non-hydrogen) atoms. The highest BCUT2D eigenvalue weighted by Crippen LogP contribution is 2.18. The van der Waals surface area contributed by atoms with E-state index in [1.807, 2.05) is 46.4 Å². The first-order valence-corrected chi connectivity index (χ1v) is 19.1. The van der Waals surface area contributed by atoms with Gasteiger partial charge in [0.05, 0.1) is 34.5 Å². The van der Waals surface area contributed by atoms with Crippen LogP contribution in [-0.4, -0.2) is 80.3 Å². The molecule has 0 amide bonds. The first-order chi connectivity index (χ1) is 25.8. The lowest BCUT2D eigenvalue weighted by molar-refractivity contribution is 0.191. The van der Waals surface area contributed by atoms with Gasteiger partial charge >= 0.3 is 0 Å². The molecule has 0 bridgehead atoms. The average molecular weight is 713 g/mol. The molecule has 0 saturated carbocycles. The Bertz CT molecular complexity index is 2280. The molecule has 6 aromatic rings. The summed E-state index contributed by atoms with van der Waals surface area (Å²) < 4.78 is 3.71. The van der Waals surface area contributed by atoms with Crippen molar-refractivity contribution in [2.45, 2.75) is 71.2 Å². The molecule has 2 aromatic heterocycles. The van der Waals surface area contributed by atoms with E-state index in [2.05, 4.69) is 80.5 Å². The Morgan fingerprint density at radius 1 is 0.642 bits per heavy atom. The van der Waals surface area contributed by atoms with Gasteiger partial charge in [-0.05, 0) is 124 Å². The minimum Gasteiger partial charge on any atom is -0.328 e. The summed E-state index contributed by atoms with van der Waals surface area (Å²) in [6.07, 6.45) is 7.23. The summed E-state index contributed by atoms with van der Waals surface area (Å²) in [5.41, 5.74) is 13.1. The average Bonchev–Trinajstić information content (AvgIpc) is 3.17. The third kappa shape index (κ3) is 9.26. The van der Waals surface area contributed by atoms with Crippen LogP contribution in [-0.2, 0) is 19.6 Å². The second-order valence-corrected chi connectivity index (χ2v) is 14.8. The van der Waals surface area contributed by atoms with Crippen LogP contribution in [0.25, 0.3) is 32.8 Å². The monoisotopic (exact) mass is 712 g/mol. The predicted octanol–water partition coefficient (Wildman–Crippen LogP) is 5.24. The Hall–Kier alpha value is -4.74. The molecule has 10 heteroatoms. The van der Waals surface area contributed by atoms with Crippen LogP contribution in [0.4, 0.5) is 0 Å². The summed E-state index contributed by atoms with van der Waals surface area (Å²) in [6.45, 7) is 12.4. The van der Waals surface area contributed by atoms with Crippen LogP contribution in [0.3, 0.4) is 0 Å². The molecule has 4 heterocycles. The number of likely N-dealkylation sites (tertiary alicyclic amines) is 2. The minimum absolute atomic E-state index is 0.0185. The number of benzene rings is 4. The Labute approximate surface area is 311 Å². The van der Waals surface area contributed by atoms with Crippen molar-refractivity contribution in [3.8, 4) is 0 Å². The third-order valence-corrected chi connectivity index (χ3v) is 10.9. The molecule has 0 radical (unpaired) electrons. The first-order valence-electron chi connectivity index (χ1n) is 19.1. The quantitative estimate of drug-likeness (QED) is 0.209. The number of nitrogens with zero attached hydrogens (tertiary/aromatic N) is 6. The van der Waals surface area contributed by atoms with E-state index in [9.17, 15) is 9.59 Å². The van der Waals surface area contributed by atoms with Crippen molar-refractivity contribution in [2.24, 2.45) is 5.73 Å². The van der Waals surface area contributed by atoms with Gasteiger partial charge in [0, 0.05) is 44.8 Å². The highest BCUT2D eigenvalue weighted by atomic mass is 16.1. The van der Waals surface area contributed by atoms with Gasteiger partial charge in [-0.1, -0.05) is 48.5 Å². The zero-order valence-corrected chi connectivity index (χ0v) is 31.1. The molecule has 8 rings (SSSR count). The number of piperidine rings is 2. The molecule has 2 aliphatic heterocycles. The number of hydrogen-bond acceptors (Lipinski definition) is 8. The summed E-state index contributed by atoms with van der Waals surface area (Å²) in [5, 5.41) is 6.34. The van der Waals surface area contributed by atoms with E-state index in [4.69, 9.17) is 5.73 Å². The summed E-state index contributed by atoms with van der Waals surface area (Å²) in [5.74, 6) is 0. The highest BCUT2D eigenvalue weighted by molar-refractivity contribution is 5.83. The number of aromatic nitrogens is 4. The number of hydrogen-bond donors (Lipinski definition) is 2. The van der Waals surface area contributed by atoms with Crippen LogP contribution in [0.1, 0.15) is 42.4 Å². The molecule has 0 unspecified atom stereocenters. The Morgan fingerprint density at radius 3 is 1.74 bits per heavy atom. The lowest BCUT2D eigenvalue weighted by Gasteiger charge is -2.32. The number of fused-ring (bicyclic) bond motifs is 3. The van der Waals surface area contributed by atoms with Crippen LogP contribution in [0.2, 0.25) is 0 Å². The third-order valence-electron chi connectivity index (χ3n) is 10.9. The van der Waals surface area contributed by atoms with Crippen LogP contribution in [0.15, 0.2) is 101 Å². The van der Waals surface area contributed by atoms with Gasteiger partial charge in [0.1, 0.15) is 0 Å². The predicted molar refractivity (Wildman–Crippen MR) is 215 cm³/mol. The van der Waals surface area contributed by atoms with E-state index < -0.39 is 0 Å². The zero-order valence-electron chi connectivity index (χ0n) is 31.1. The number of nitrogens with one attached hydrogen (secondary N) is 1. The SMILES string of the molecule is Cc1ccc2ncc(=O)n(CCN3CCC(N)CC3)c2c1.Cc1ccc2ncc(=O)n(CCN3CCC(NCc4ccc5ccccc5c4)CC3)c2c1. The van der Waals surface area contributed by atoms with Crippen LogP contribution in [0.5, 0.6) is 0 Å². The summed E-state index contributed by atoms with van der Waals surface area (Å²) in [4.78, 5) is 38.0. The molecule has 10 nitrogen and oxygen atoms in total. The Morgan fingerprint density at radius 2 is 1.17 bits per heavy atom. The number of nitrogens with two attached hydrogens (primary N) is 1. The summed E-state index contributed by atoms with van der Waals surface area (Å²) in [7, 11) is 0. The highest BCUT2D eigenvalue weighted by Gasteiger charge is 2.19. The standard InChI is InChI=1S/C27H30N4O.C16H22N4O/c1-20-6-9-25-26(16-20)31(27(32)19-29-25)15-14-30-12-10-24(11-13-30)28-18-21-7-8-22-4-2-3-5-23(22)17-21;1-12-2-3-14-15(10-12)20(16(21)11-18-14)9-8-19-6-4-13(17)5-7-19/h2-9,16-17,19,24,28H,10-15,18H2,1H3;2-3,10-11,13H,4-9,17H2,1H3. The lowest BCUT2D eigenvalue weighted by Crippen LogP contribution is -2.43. The fraction of sp³-hybridized carbons (Fsp3) is 0.395. The molecule has 4 aromatic carbocycles. The largest absolute Gasteiger partial charge is 0.328 e. The smallest absolute Gasteiger partial charge is 0.269 e. The van der Waals surface area contributed by atoms with E-state index in [1.54, 1.807) is 0 Å². The Kier molecular flexibility index (Phi) is 11.7. The van der Waals surface area contributed by atoms with Crippen LogP contribution in [0, 0.1) is 13.8 Å². The van der Waals surface area contributed by atoms with Crippen molar-refractivity contribution < 1.29 is 0 Å². The molecule has 2 aliphatic rings. The number of aryl methyl sites for hydroxylation is 2. The van der Waals surface area contributed by atoms with Crippen molar-refractivity contribution in [2.75, 3.05) is 39.3 Å². The van der Waals surface area contributed by atoms with Gasteiger partial charge in [-0.2, -0.15) is 0 Å². The fourth-order valence-electron chi connectivity index (χ4n) is 7.64. The van der Waals surface area contributed by atoms with Crippen LogP contribution >= 0.6 is 0 Å². The van der Waals surface area contributed by atoms with Gasteiger partial charge < -0.3 is 30.0 Å². The van der Waals surface area contributed by atoms with Gasteiger partial charge in [-0.25, -0.2) is 9.97 Å². The minimum atomic E-state index is -0.0261. The maximum absolute atomic E-state index is 12.4. The second-order valence-electron chi connectivity index (χ2n) is 14.8. The van der Waals surface area contributed by atoms with Crippen molar-refractivity contribution in [3.05, 3.63) is 129 Å². The van der Waals surface area contributed by atoms with Gasteiger partial charge in [0.2, 0.25) is 0 Å². The summed E-state index contributed by atoms with van der Waals surface area (Å²) in [6, 6.07) is 28.3. The zero-order chi connectivity index (χ0) is 36.7. The van der Waals surface area contributed by atoms with Gasteiger partial charge in [0.25, 0.3) is 11.1 Å². The van der Waals surface area contributed by atoms with E-state index in [0.29, 0.717) is 25.2 Å². The van der Waals surface area contributed by atoms with Crippen molar-refractivity contribution in [1.82, 2.24) is 34.2 Å². The maximum atomic E-state index is 12.4. The molecule has 0 spiro atoms. The van der Waals surface area contributed by atoms with E-state index >= 15 is 0 Å². The molecular weight excluding hydrogens is 661 g/mol. The molecule has 0 atom stereocenters. The molecule has 0 aliphatic carbocycles. The fourth-order valence-corrected chi connectivity index (χ4v) is 7.64. The molecule has 3 N–H and O–H groups in total. The van der Waals surface area contributed by atoms with Crippen molar-refractivity contribution >= 4 is 32.8 Å². The molecule has 2 fully saturated rings. The molecule has 276 valence electrons. The lowest BCUT2D eigenvalue weighted by atomic mass is 10.0. The Balaban J connectivity index is 0.000000179. The molecule has 2 saturated heterocycles. The van der Waals surface area contributed by atoms with E-state index in [0.717, 1.165) is 105 Å². The first kappa shape index (κ1) is 36.6. The van der Waals surface area contributed by atoms with E-state index in [1.165, 1.54) is 28.7 Å². The van der Waals surface area contributed by atoms with Gasteiger partial charge in [-0.3, -0.25) is 9.59 Å². The van der Waals surface area contributed by atoms with Crippen LogP contribution < -0.4 is 22.2 Å². The van der Waals surface area contributed by atoms with Gasteiger partial charge in [0.15, 0.2) is 0 Å².